The van der Waals surface area contributed by atoms with Crippen LogP contribution in [0.15, 0.2) is 126 Å². The van der Waals surface area contributed by atoms with Crippen LogP contribution in [0.1, 0.15) is 77.2 Å². The summed E-state index contributed by atoms with van der Waals surface area (Å²) < 4.78 is 5.79. The molecule has 0 radical (unpaired) electrons. The van der Waals surface area contributed by atoms with Gasteiger partial charge in [0.1, 0.15) is 11.9 Å². The average Bonchev–Trinajstić information content (AvgIpc) is 3.28. The van der Waals surface area contributed by atoms with E-state index < -0.39 is 12.2 Å². The number of para-hydroxylation sites is 1. The number of Topliss-reactive ketones (excluding diaryl/α,β-unsaturated/α-hetero) is 1. The Hall–Kier alpha value is -6.56. The molecule has 4 N–H and O–H groups in total. The Labute approximate surface area is 362 Å². The molecule has 320 valence electrons. The fourth-order valence-electron chi connectivity index (χ4n) is 8.19. The van der Waals surface area contributed by atoms with E-state index in [-0.39, 0.29) is 35.5 Å². The van der Waals surface area contributed by atoms with Gasteiger partial charge in [0.2, 0.25) is 11.5 Å². The van der Waals surface area contributed by atoms with E-state index in [1.165, 1.54) is 12.1 Å². The summed E-state index contributed by atoms with van der Waals surface area (Å²) in [6.45, 7) is 3.96. The third-order valence-corrected chi connectivity index (χ3v) is 11.8. The van der Waals surface area contributed by atoms with Gasteiger partial charge in [0, 0.05) is 67.8 Å². The maximum atomic E-state index is 13.5. The quantitative estimate of drug-likeness (QED) is 0.0557. The Kier molecular flexibility index (Phi) is 14.3. The van der Waals surface area contributed by atoms with Crippen LogP contribution in [0.5, 0.6) is 5.75 Å². The lowest BCUT2D eigenvalue weighted by Crippen LogP contribution is -2.40. The van der Waals surface area contributed by atoms with Crippen LogP contribution in [0.3, 0.4) is 0 Å². The summed E-state index contributed by atoms with van der Waals surface area (Å²) in [5.41, 5.74) is 7.53. The number of likely N-dealkylation sites (tertiary alicyclic amines) is 1. The molecule has 0 saturated carbocycles. The molecule has 2 heterocycles. The van der Waals surface area contributed by atoms with Gasteiger partial charge in [0.05, 0.1) is 17.3 Å². The SMILES string of the molecule is Cc1ccc(C(=O)Cc2ccc(CCCC[C@H](O)c3ccc(O)c4[nH]c(=O)ccc34)cc2)cc1N(C)C(=O)CCN1CCC(OC(=O)Nc2ccccc2-c2ccccc2)CC1. The highest BCUT2D eigenvalue weighted by Crippen LogP contribution is 2.32. The molecule has 0 bridgehead atoms. The zero-order valence-electron chi connectivity index (χ0n) is 35.3. The number of hydrogen-bond acceptors (Lipinski definition) is 8. The maximum absolute atomic E-state index is 13.5. The molecule has 7 rings (SSSR count). The smallest absolute Gasteiger partial charge is 0.411 e. The van der Waals surface area contributed by atoms with E-state index in [1.54, 1.807) is 24.1 Å². The molecule has 11 nitrogen and oxygen atoms in total. The Bertz CT molecular complexity index is 2560. The van der Waals surface area contributed by atoms with E-state index in [0.717, 1.165) is 60.2 Å². The van der Waals surface area contributed by atoms with E-state index in [2.05, 4.69) is 15.2 Å². The number of nitrogens with one attached hydrogen (secondary N) is 2. The Morgan fingerprint density at radius 3 is 2.37 bits per heavy atom. The normalized spacial score (nSPS) is 13.7. The number of aliphatic hydroxyl groups is 1. The molecule has 1 aliphatic heterocycles. The molecule has 0 spiro atoms. The van der Waals surface area contributed by atoms with Gasteiger partial charge < -0.3 is 29.7 Å². The van der Waals surface area contributed by atoms with Crippen LogP contribution in [-0.4, -0.2) is 70.7 Å². The highest BCUT2D eigenvalue weighted by molar-refractivity contribution is 6.00. The fraction of sp³-hybridized carbons (Fsp3) is 0.294. The van der Waals surface area contributed by atoms with Gasteiger partial charge in [-0.25, -0.2) is 4.79 Å². The molecule has 0 aliphatic carbocycles. The van der Waals surface area contributed by atoms with Crippen LogP contribution in [0.2, 0.25) is 0 Å². The summed E-state index contributed by atoms with van der Waals surface area (Å²) in [6, 6.07) is 37.3. The molecule has 1 aliphatic rings. The summed E-state index contributed by atoms with van der Waals surface area (Å²) in [5, 5.41) is 24.6. The first kappa shape index (κ1) is 43.5. The molecular weight excluding hydrogens is 781 g/mol. The lowest BCUT2D eigenvalue weighted by atomic mass is 9.97. The van der Waals surface area contributed by atoms with Crippen LogP contribution < -0.4 is 15.8 Å². The molecule has 6 aromatic rings. The van der Waals surface area contributed by atoms with Crippen molar-refractivity contribution in [3.05, 3.63) is 159 Å². The van der Waals surface area contributed by atoms with Crippen LogP contribution in [-0.2, 0) is 22.4 Å². The maximum Gasteiger partial charge on any atom is 0.411 e. The van der Waals surface area contributed by atoms with Gasteiger partial charge in [-0.2, -0.15) is 0 Å². The number of hydrogen-bond donors (Lipinski definition) is 4. The number of carbonyl (C=O) groups excluding carboxylic acids is 3. The lowest BCUT2D eigenvalue weighted by Gasteiger charge is -2.32. The number of piperidine rings is 1. The molecule has 1 saturated heterocycles. The molecule has 1 atom stereocenters. The second kappa shape index (κ2) is 20.3. The third kappa shape index (κ3) is 11.0. The molecule has 11 heteroatoms. The van der Waals surface area contributed by atoms with Crippen molar-refractivity contribution in [1.29, 1.82) is 0 Å². The number of aromatic hydroxyl groups is 1. The molecule has 62 heavy (non-hydrogen) atoms. The number of carbonyl (C=O) groups is 3. The Morgan fingerprint density at radius 1 is 0.871 bits per heavy atom. The third-order valence-electron chi connectivity index (χ3n) is 11.8. The minimum absolute atomic E-state index is 0.0289. The van der Waals surface area contributed by atoms with E-state index >= 15 is 0 Å². The van der Waals surface area contributed by atoms with E-state index in [4.69, 9.17) is 4.74 Å². The number of aliphatic hydroxyl groups excluding tert-OH is 1. The number of phenolic OH excluding ortho intramolecular Hbond substituents is 1. The van der Waals surface area contributed by atoms with Gasteiger partial charge in [-0.05, 0) is 91.1 Å². The Morgan fingerprint density at radius 2 is 1.60 bits per heavy atom. The lowest BCUT2D eigenvalue weighted by molar-refractivity contribution is -0.118. The number of phenols is 1. The summed E-state index contributed by atoms with van der Waals surface area (Å²) in [4.78, 5) is 58.0. The van der Waals surface area contributed by atoms with Gasteiger partial charge >= 0.3 is 6.09 Å². The summed E-state index contributed by atoms with van der Waals surface area (Å²) >= 11 is 0. The van der Waals surface area contributed by atoms with Crippen LogP contribution in [0.25, 0.3) is 22.0 Å². The Balaban J connectivity index is 0.831. The van der Waals surface area contributed by atoms with Gasteiger partial charge in [-0.1, -0.05) is 97.4 Å². The van der Waals surface area contributed by atoms with Crippen molar-refractivity contribution in [2.75, 3.05) is 36.9 Å². The van der Waals surface area contributed by atoms with Crippen LogP contribution in [0, 0.1) is 6.92 Å². The van der Waals surface area contributed by atoms with Crippen LogP contribution in [0.4, 0.5) is 16.2 Å². The minimum Gasteiger partial charge on any atom is -0.506 e. The molecule has 1 aromatic heterocycles. The number of pyridine rings is 1. The molecule has 0 unspecified atom stereocenters. The average molecular weight is 835 g/mol. The molecule has 5 aromatic carbocycles. The van der Waals surface area contributed by atoms with E-state index in [9.17, 15) is 29.4 Å². The number of unbranched alkanes of at least 4 members (excludes halogenated alkanes) is 1. The number of aromatic amines is 1. The second-order valence-corrected chi connectivity index (χ2v) is 16.2. The number of anilines is 2. The first-order chi connectivity index (χ1) is 30.0. The van der Waals surface area contributed by atoms with Crippen molar-refractivity contribution >= 4 is 40.1 Å². The largest absolute Gasteiger partial charge is 0.506 e. The number of nitrogens with zero attached hydrogens (tertiary/aromatic N) is 2. The zero-order chi connectivity index (χ0) is 43.6. The van der Waals surface area contributed by atoms with Crippen molar-refractivity contribution in [2.24, 2.45) is 0 Å². The predicted molar refractivity (Wildman–Crippen MR) is 244 cm³/mol. The molecular formula is C51H54N4O7. The monoisotopic (exact) mass is 834 g/mol. The number of ether oxygens (including phenoxy) is 1. The fourth-order valence-corrected chi connectivity index (χ4v) is 8.19. The van der Waals surface area contributed by atoms with Gasteiger partial charge in [0.25, 0.3) is 0 Å². The van der Waals surface area contributed by atoms with Gasteiger partial charge in [0.15, 0.2) is 5.78 Å². The zero-order valence-corrected chi connectivity index (χ0v) is 35.3. The van der Waals surface area contributed by atoms with Gasteiger partial charge in [-0.3, -0.25) is 19.7 Å². The van der Waals surface area contributed by atoms with Crippen molar-refractivity contribution in [1.82, 2.24) is 9.88 Å². The van der Waals surface area contributed by atoms with Gasteiger partial charge in [-0.15, -0.1) is 0 Å². The first-order valence-electron chi connectivity index (χ1n) is 21.4. The molecule has 2 amide bonds. The predicted octanol–water partition coefficient (Wildman–Crippen LogP) is 9.15. The van der Waals surface area contributed by atoms with Crippen molar-refractivity contribution < 1.29 is 29.3 Å². The number of ketones is 1. The minimum atomic E-state index is -0.730. The second-order valence-electron chi connectivity index (χ2n) is 16.2. The number of benzene rings is 5. The highest BCUT2D eigenvalue weighted by atomic mass is 16.6. The summed E-state index contributed by atoms with van der Waals surface area (Å²) in [6.07, 6.45) is 3.52. The highest BCUT2D eigenvalue weighted by Gasteiger charge is 2.24. The van der Waals surface area contributed by atoms with Crippen molar-refractivity contribution in [3.63, 3.8) is 0 Å². The molecule has 1 fully saturated rings. The van der Waals surface area contributed by atoms with Crippen molar-refractivity contribution in [3.8, 4) is 16.9 Å². The number of aryl methyl sites for hydroxylation is 2. The topological polar surface area (TPSA) is 152 Å². The number of amides is 2. The number of fused-ring (bicyclic) bond motifs is 1. The van der Waals surface area contributed by atoms with Crippen molar-refractivity contribution in [2.45, 2.75) is 70.5 Å². The number of aromatic nitrogens is 1. The van der Waals surface area contributed by atoms with E-state index in [0.29, 0.717) is 65.6 Å². The summed E-state index contributed by atoms with van der Waals surface area (Å²) in [5.74, 6) is -0.0973. The summed E-state index contributed by atoms with van der Waals surface area (Å²) in [7, 11) is 1.76. The standard InChI is InChI=1S/C51H54N4O7/c1-34-16-21-38(47(58)32-36-19-17-35(18-20-36)10-6-9-15-45(56)41-22-24-46(57)50-42(41)23-25-48(59)53-50)33-44(34)54(2)49(60)28-31-55-29-26-39(27-30-55)62-51(61)52-43-14-8-7-13-40(43)37-11-4-3-5-12-37/h3-5,7-8,11-14,16-25,33,39,45,56-57H,6,9-10,15,26-32H2,1-2H3,(H,52,61)(H,53,59)/t45-/m0/s1. The first-order valence-corrected chi connectivity index (χ1v) is 21.4. The van der Waals surface area contributed by atoms with E-state index in [1.807, 2.05) is 104 Å². The number of rotatable bonds is 16. The number of H-pyrrole nitrogens is 1. The van der Waals surface area contributed by atoms with Crippen LogP contribution >= 0.6 is 0 Å².